The smallest absolute Gasteiger partial charge is 0.475 e. The highest BCUT2D eigenvalue weighted by Gasteiger charge is 2.38. The SMILES string of the molecule is CN1CCC(c2nnc3ncc(-c4ccccc4F)cn23)CC1.O=C(O)C(F)(F)F. The third-order valence-corrected chi connectivity index (χ3v) is 4.80. The summed E-state index contributed by atoms with van der Waals surface area (Å²) in [4.78, 5) is 15.6. The Morgan fingerprint density at radius 1 is 1.17 bits per heavy atom. The van der Waals surface area contributed by atoms with Gasteiger partial charge in [0.2, 0.25) is 0 Å². The fourth-order valence-corrected chi connectivity index (χ4v) is 3.19. The van der Waals surface area contributed by atoms with Gasteiger partial charge >= 0.3 is 12.1 Å². The molecule has 1 saturated heterocycles. The van der Waals surface area contributed by atoms with Crippen molar-refractivity contribution in [1.82, 2.24) is 24.5 Å². The van der Waals surface area contributed by atoms with E-state index in [4.69, 9.17) is 9.90 Å². The number of hydrogen-bond acceptors (Lipinski definition) is 5. The Bertz CT molecular complexity index is 1030. The number of aromatic nitrogens is 4. The standard InChI is InChI=1S/C17H18FN5.C2HF3O2/c1-22-8-6-12(7-9-22)16-20-21-17-19-10-13(11-23(16)17)14-4-2-3-5-15(14)18;3-2(4,5)1(6)7/h2-5,10-12H,6-9H2,1H3;(H,6,7). The van der Waals surface area contributed by atoms with Gasteiger partial charge in [0.25, 0.3) is 5.78 Å². The Hall–Kier alpha value is -3.08. The first-order valence-electron chi connectivity index (χ1n) is 9.11. The average molecular weight is 425 g/mol. The van der Waals surface area contributed by atoms with E-state index in [1.807, 2.05) is 16.7 Å². The minimum absolute atomic E-state index is 0.248. The number of aliphatic carboxylic acids is 1. The summed E-state index contributed by atoms with van der Waals surface area (Å²) in [7, 11) is 2.13. The summed E-state index contributed by atoms with van der Waals surface area (Å²) in [5.41, 5.74) is 1.29. The van der Waals surface area contributed by atoms with Crippen LogP contribution in [0.15, 0.2) is 36.7 Å². The molecule has 30 heavy (non-hydrogen) atoms. The first-order chi connectivity index (χ1) is 14.2. The van der Waals surface area contributed by atoms with Crippen molar-refractivity contribution in [2.45, 2.75) is 24.9 Å². The van der Waals surface area contributed by atoms with Crippen molar-refractivity contribution in [3.05, 3.63) is 48.3 Å². The average Bonchev–Trinajstić information content (AvgIpc) is 3.12. The molecule has 1 aliphatic rings. The summed E-state index contributed by atoms with van der Waals surface area (Å²) in [6.07, 6.45) is 0.581. The van der Waals surface area contributed by atoms with Crippen LogP contribution in [0.1, 0.15) is 24.6 Å². The van der Waals surface area contributed by atoms with Gasteiger partial charge in [-0.05, 0) is 39.0 Å². The zero-order valence-electron chi connectivity index (χ0n) is 16.0. The third-order valence-electron chi connectivity index (χ3n) is 4.80. The molecule has 0 atom stereocenters. The van der Waals surface area contributed by atoms with E-state index in [0.717, 1.165) is 37.3 Å². The molecule has 1 aromatic carbocycles. The number of hydrogen-bond donors (Lipinski definition) is 1. The minimum atomic E-state index is -5.08. The van der Waals surface area contributed by atoms with Crippen molar-refractivity contribution < 1.29 is 27.5 Å². The van der Waals surface area contributed by atoms with E-state index in [0.29, 0.717) is 17.3 Å². The van der Waals surface area contributed by atoms with Crippen molar-refractivity contribution in [3.8, 4) is 11.1 Å². The predicted octanol–water partition coefficient (Wildman–Crippen LogP) is 3.37. The molecule has 1 N–H and O–H groups in total. The van der Waals surface area contributed by atoms with Gasteiger partial charge in [-0.25, -0.2) is 14.2 Å². The molecule has 3 heterocycles. The number of carbonyl (C=O) groups is 1. The molecule has 4 rings (SSSR count). The topological polar surface area (TPSA) is 83.6 Å². The van der Waals surface area contributed by atoms with Crippen LogP contribution in [0.5, 0.6) is 0 Å². The number of halogens is 4. The fourth-order valence-electron chi connectivity index (χ4n) is 3.19. The van der Waals surface area contributed by atoms with Crippen LogP contribution in [-0.2, 0) is 4.79 Å². The van der Waals surface area contributed by atoms with Gasteiger partial charge in [0, 0.05) is 29.4 Å². The molecule has 11 heteroatoms. The number of nitrogens with zero attached hydrogens (tertiary/aromatic N) is 5. The van der Waals surface area contributed by atoms with E-state index in [1.165, 1.54) is 6.07 Å². The summed E-state index contributed by atoms with van der Waals surface area (Å²) in [6.45, 7) is 2.11. The molecule has 0 bridgehead atoms. The number of alkyl halides is 3. The Morgan fingerprint density at radius 3 is 2.40 bits per heavy atom. The maximum Gasteiger partial charge on any atom is 0.490 e. The van der Waals surface area contributed by atoms with E-state index in [-0.39, 0.29) is 5.82 Å². The predicted molar refractivity (Wildman–Crippen MR) is 99.3 cm³/mol. The largest absolute Gasteiger partial charge is 0.490 e. The molecule has 0 unspecified atom stereocenters. The second kappa shape index (κ2) is 8.74. The zero-order valence-corrected chi connectivity index (χ0v) is 16.0. The highest BCUT2D eigenvalue weighted by Crippen LogP contribution is 2.28. The number of carboxylic acids is 1. The minimum Gasteiger partial charge on any atom is -0.475 e. The maximum absolute atomic E-state index is 14.0. The lowest BCUT2D eigenvalue weighted by Gasteiger charge is -2.27. The van der Waals surface area contributed by atoms with Crippen molar-refractivity contribution in [2.75, 3.05) is 20.1 Å². The lowest BCUT2D eigenvalue weighted by Crippen LogP contribution is -2.30. The van der Waals surface area contributed by atoms with Gasteiger partial charge in [-0.2, -0.15) is 13.2 Å². The summed E-state index contributed by atoms with van der Waals surface area (Å²) < 4.78 is 47.7. The second-order valence-corrected chi connectivity index (χ2v) is 6.93. The quantitative estimate of drug-likeness (QED) is 0.634. The number of carboxylic acid groups (broad SMARTS) is 1. The van der Waals surface area contributed by atoms with E-state index in [1.54, 1.807) is 18.3 Å². The Labute approximate surface area is 169 Å². The fraction of sp³-hybridized carbons (Fsp3) is 0.368. The first kappa shape index (κ1) is 21.6. The van der Waals surface area contributed by atoms with Crippen LogP contribution >= 0.6 is 0 Å². The molecule has 160 valence electrons. The first-order valence-corrected chi connectivity index (χ1v) is 9.11. The Kier molecular flexibility index (Phi) is 6.30. The molecule has 0 amide bonds. The molecule has 3 aromatic rings. The number of piperidine rings is 1. The monoisotopic (exact) mass is 425 g/mol. The van der Waals surface area contributed by atoms with Crippen LogP contribution in [0.4, 0.5) is 17.6 Å². The van der Waals surface area contributed by atoms with Gasteiger partial charge in [-0.3, -0.25) is 4.40 Å². The lowest BCUT2D eigenvalue weighted by molar-refractivity contribution is -0.192. The highest BCUT2D eigenvalue weighted by molar-refractivity contribution is 5.73. The van der Waals surface area contributed by atoms with Crippen LogP contribution in [0.25, 0.3) is 16.9 Å². The summed E-state index contributed by atoms with van der Waals surface area (Å²) in [5, 5.41) is 15.6. The van der Waals surface area contributed by atoms with Crippen molar-refractivity contribution in [1.29, 1.82) is 0 Å². The van der Waals surface area contributed by atoms with E-state index < -0.39 is 12.1 Å². The third kappa shape index (κ3) is 4.90. The molecule has 0 spiro atoms. The van der Waals surface area contributed by atoms with Gasteiger partial charge in [0.05, 0.1) is 0 Å². The molecule has 0 radical (unpaired) electrons. The molecule has 2 aromatic heterocycles. The van der Waals surface area contributed by atoms with Crippen molar-refractivity contribution in [3.63, 3.8) is 0 Å². The Morgan fingerprint density at radius 2 is 1.80 bits per heavy atom. The van der Waals surface area contributed by atoms with E-state index >= 15 is 0 Å². The highest BCUT2D eigenvalue weighted by atomic mass is 19.4. The van der Waals surface area contributed by atoms with E-state index in [2.05, 4.69) is 27.1 Å². The molecule has 1 fully saturated rings. The van der Waals surface area contributed by atoms with Gasteiger partial charge in [0.15, 0.2) is 0 Å². The number of benzene rings is 1. The number of likely N-dealkylation sites (tertiary alicyclic amines) is 1. The van der Waals surface area contributed by atoms with Gasteiger partial charge in [-0.1, -0.05) is 18.2 Å². The van der Waals surface area contributed by atoms with Crippen molar-refractivity contribution >= 4 is 11.7 Å². The van der Waals surface area contributed by atoms with E-state index in [9.17, 15) is 17.6 Å². The normalized spacial score (nSPS) is 15.6. The Balaban J connectivity index is 0.000000318. The second-order valence-electron chi connectivity index (χ2n) is 6.93. The van der Waals surface area contributed by atoms with Gasteiger partial charge in [0.1, 0.15) is 11.6 Å². The van der Waals surface area contributed by atoms with Crippen LogP contribution in [0.2, 0.25) is 0 Å². The van der Waals surface area contributed by atoms with Gasteiger partial charge < -0.3 is 10.0 Å². The van der Waals surface area contributed by atoms with Gasteiger partial charge in [-0.15, -0.1) is 10.2 Å². The van der Waals surface area contributed by atoms with Crippen LogP contribution < -0.4 is 0 Å². The summed E-state index contributed by atoms with van der Waals surface area (Å²) in [6, 6.07) is 6.74. The van der Waals surface area contributed by atoms with Crippen LogP contribution in [0.3, 0.4) is 0 Å². The number of fused-ring (bicyclic) bond motifs is 1. The lowest BCUT2D eigenvalue weighted by atomic mass is 9.96. The molecule has 0 saturated carbocycles. The molecule has 0 aliphatic carbocycles. The summed E-state index contributed by atoms with van der Waals surface area (Å²) in [5.74, 6) is -1.13. The molecule has 1 aliphatic heterocycles. The van der Waals surface area contributed by atoms with Crippen LogP contribution in [-0.4, -0.2) is 61.9 Å². The molecular weight excluding hydrogens is 406 g/mol. The van der Waals surface area contributed by atoms with Crippen LogP contribution in [0, 0.1) is 5.82 Å². The molecule has 7 nitrogen and oxygen atoms in total. The number of rotatable bonds is 2. The summed E-state index contributed by atoms with van der Waals surface area (Å²) >= 11 is 0. The maximum atomic E-state index is 14.0. The zero-order chi connectivity index (χ0) is 21.9. The van der Waals surface area contributed by atoms with Crippen molar-refractivity contribution in [2.24, 2.45) is 0 Å². The molecular formula is C19H19F4N5O2.